The van der Waals surface area contributed by atoms with Gasteiger partial charge < -0.3 is 10.6 Å². The van der Waals surface area contributed by atoms with Gasteiger partial charge in [0, 0.05) is 44.8 Å². The third-order valence-corrected chi connectivity index (χ3v) is 4.39. The second-order valence-electron chi connectivity index (χ2n) is 6.02. The second-order valence-corrected chi connectivity index (χ2v) is 6.02. The summed E-state index contributed by atoms with van der Waals surface area (Å²) >= 11 is 0. The molecule has 2 aromatic carbocycles. The van der Waals surface area contributed by atoms with E-state index in [-0.39, 0.29) is 17.8 Å². The third-order valence-electron chi connectivity index (χ3n) is 4.39. The number of nitrogens with zero attached hydrogens (tertiary/aromatic N) is 1. The first-order chi connectivity index (χ1) is 11.7. The minimum Gasteiger partial charge on any atom is -0.355 e. The lowest BCUT2D eigenvalue weighted by Crippen LogP contribution is -2.45. The first-order valence-corrected chi connectivity index (χ1v) is 8.18. The number of carbonyl (C=O) groups excluding carboxylic acids is 1. The average Bonchev–Trinajstić information content (AvgIpc) is 2.61. The molecule has 2 N–H and O–H groups in total. The zero-order valence-electron chi connectivity index (χ0n) is 13.8. The average molecular weight is 327 g/mol. The molecule has 4 nitrogen and oxygen atoms in total. The number of hydrogen-bond donors (Lipinski definition) is 2. The van der Waals surface area contributed by atoms with Gasteiger partial charge in [0.25, 0.3) is 5.91 Å². The number of halogens is 1. The Morgan fingerprint density at radius 1 is 1.29 bits per heavy atom. The molecule has 0 saturated carbocycles. The Hall–Kier alpha value is -2.24. The molecule has 126 valence electrons. The van der Waals surface area contributed by atoms with Gasteiger partial charge in [-0.3, -0.25) is 9.69 Å². The number of nitrogens with one attached hydrogen (secondary N) is 2. The van der Waals surface area contributed by atoms with Crippen molar-refractivity contribution in [2.45, 2.75) is 12.6 Å². The Balaban J connectivity index is 1.83. The lowest BCUT2D eigenvalue weighted by Gasteiger charge is -2.36. The molecule has 1 atom stereocenters. The zero-order chi connectivity index (χ0) is 16.9. The minimum atomic E-state index is -0.208. The van der Waals surface area contributed by atoms with Crippen LogP contribution in [0, 0.1) is 5.82 Å². The van der Waals surface area contributed by atoms with E-state index in [1.165, 1.54) is 6.07 Å². The van der Waals surface area contributed by atoms with Crippen LogP contribution in [0.4, 0.5) is 4.39 Å². The van der Waals surface area contributed by atoms with Crippen LogP contribution in [0.2, 0.25) is 0 Å². The van der Waals surface area contributed by atoms with E-state index in [4.69, 9.17) is 0 Å². The van der Waals surface area contributed by atoms with Gasteiger partial charge in [-0.15, -0.1) is 0 Å². The predicted molar refractivity (Wildman–Crippen MR) is 92.3 cm³/mol. The molecule has 2 aromatic rings. The molecule has 1 aliphatic rings. The second kappa shape index (κ2) is 7.55. The fourth-order valence-electron chi connectivity index (χ4n) is 3.17. The summed E-state index contributed by atoms with van der Waals surface area (Å²) < 4.78 is 13.4. The lowest BCUT2D eigenvalue weighted by molar-refractivity contribution is 0.0962. The highest BCUT2D eigenvalue weighted by Gasteiger charge is 2.24. The van der Waals surface area contributed by atoms with Crippen LogP contribution in [-0.4, -0.2) is 37.5 Å². The van der Waals surface area contributed by atoms with E-state index in [1.54, 1.807) is 19.2 Å². The van der Waals surface area contributed by atoms with E-state index < -0.39 is 0 Å². The largest absolute Gasteiger partial charge is 0.355 e. The molecule has 0 aliphatic carbocycles. The summed E-state index contributed by atoms with van der Waals surface area (Å²) in [5, 5.41) is 6.07. The zero-order valence-corrected chi connectivity index (χ0v) is 13.8. The maximum absolute atomic E-state index is 13.4. The predicted octanol–water partition coefficient (Wildman–Crippen LogP) is 2.33. The molecule has 1 saturated heterocycles. The van der Waals surface area contributed by atoms with Gasteiger partial charge in [-0.25, -0.2) is 4.39 Å². The summed E-state index contributed by atoms with van der Waals surface area (Å²) in [6.07, 6.45) is 0. The SMILES string of the molecule is CNC(=O)c1cccc(C2CNCCN2Cc2cccc(F)c2)c1. The number of piperazine rings is 1. The maximum Gasteiger partial charge on any atom is 0.251 e. The number of amides is 1. The summed E-state index contributed by atoms with van der Waals surface area (Å²) in [5.41, 5.74) is 2.72. The minimum absolute atomic E-state index is 0.0858. The van der Waals surface area contributed by atoms with Gasteiger partial charge >= 0.3 is 0 Å². The molecule has 1 heterocycles. The van der Waals surface area contributed by atoms with E-state index in [0.717, 1.165) is 30.8 Å². The van der Waals surface area contributed by atoms with Crippen LogP contribution in [0.3, 0.4) is 0 Å². The Morgan fingerprint density at radius 2 is 2.12 bits per heavy atom. The summed E-state index contributed by atoms with van der Waals surface area (Å²) in [4.78, 5) is 14.2. The standard InChI is InChI=1S/C19H22FN3O/c1-21-19(24)16-6-3-5-15(11-16)18-12-22-8-9-23(18)13-14-4-2-7-17(20)10-14/h2-7,10-11,18,22H,8-9,12-13H2,1H3,(H,21,24). The molecule has 1 fully saturated rings. The van der Waals surface area contributed by atoms with E-state index >= 15 is 0 Å². The quantitative estimate of drug-likeness (QED) is 0.906. The first kappa shape index (κ1) is 16.6. The van der Waals surface area contributed by atoms with Crippen LogP contribution in [-0.2, 0) is 6.54 Å². The van der Waals surface area contributed by atoms with E-state index in [9.17, 15) is 9.18 Å². The van der Waals surface area contributed by atoms with Gasteiger partial charge in [-0.2, -0.15) is 0 Å². The van der Waals surface area contributed by atoms with E-state index in [0.29, 0.717) is 12.1 Å². The molecule has 3 rings (SSSR count). The van der Waals surface area contributed by atoms with E-state index in [2.05, 4.69) is 15.5 Å². The van der Waals surface area contributed by atoms with Crippen LogP contribution < -0.4 is 10.6 Å². The Morgan fingerprint density at radius 3 is 2.92 bits per heavy atom. The van der Waals surface area contributed by atoms with Crippen molar-refractivity contribution in [2.75, 3.05) is 26.7 Å². The third kappa shape index (κ3) is 3.80. The van der Waals surface area contributed by atoms with Gasteiger partial charge in [-0.05, 0) is 35.4 Å². The van der Waals surface area contributed by atoms with Crippen LogP contribution in [0.1, 0.15) is 27.5 Å². The van der Waals surface area contributed by atoms with Crippen molar-refractivity contribution in [1.29, 1.82) is 0 Å². The maximum atomic E-state index is 13.4. The van der Waals surface area contributed by atoms with Gasteiger partial charge in [0.05, 0.1) is 0 Å². The molecule has 24 heavy (non-hydrogen) atoms. The van der Waals surface area contributed by atoms with E-state index in [1.807, 2.05) is 30.3 Å². The van der Waals surface area contributed by atoms with Crippen molar-refractivity contribution in [3.05, 3.63) is 71.0 Å². The van der Waals surface area contributed by atoms with Gasteiger partial charge in [-0.1, -0.05) is 24.3 Å². The van der Waals surface area contributed by atoms with Crippen molar-refractivity contribution in [3.8, 4) is 0 Å². The van der Waals surface area contributed by atoms with Crippen LogP contribution in [0.5, 0.6) is 0 Å². The summed E-state index contributed by atoms with van der Waals surface area (Å²) in [5.74, 6) is -0.293. The normalized spacial score (nSPS) is 18.3. The van der Waals surface area contributed by atoms with Crippen molar-refractivity contribution >= 4 is 5.91 Å². The topological polar surface area (TPSA) is 44.4 Å². The number of benzene rings is 2. The smallest absolute Gasteiger partial charge is 0.251 e. The molecule has 5 heteroatoms. The van der Waals surface area contributed by atoms with Gasteiger partial charge in [0.1, 0.15) is 5.82 Å². The summed E-state index contributed by atoms with van der Waals surface area (Å²) in [6.45, 7) is 3.28. The Bertz CT molecular complexity index is 719. The fourth-order valence-corrected chi connectivity index (χ4v) is 3.17. The molecule has 0 spiro atoms. The van der Waals surface area contributed by atoms with Crippen molar-refractivity contribution in [2.24, 2.45) is 0 Å². The van der Waals surface area contributed by atoms with Gasteiger partial charge in [0.2, 0.25) is 0 Å². The lowest BCUT2D eigenvalue weighted by atomic mass is 10.00. The number of carbonyl (C=O) groups is 1. The van der Waals surface area contributed by atoms with Crippen molar-refractivity contribution in [1.82, 2.24) is 15.5 Å². The van der Waals surface area contributed by atoms with Crippen molar-refractivity contribution < 1.29 is 9.18 Å². The molecule has 1 amide bonds. The highest BCUT2D eigenvalue weighted by atomic mass is 19.1. The summed E-state index contributed by atoms with van der Waals surface area (Å²) in [6, 6.07) is 14.6. The highest BCUT2D eigenvalue weighted by molar-refractivity contribution is 5.94. The van der Waals surface area contributed by atoms with Crippen molar-refractivity contribution in [3.63, 3.8) is 0 Å². The summed E-state index contributed by atoms with van der Waals surface area (Å²) in [7, 11) is 1.63. The van der Waals surface area contributed by atoms with Gasteiger partial charge in [0.15, 0.2) is 0 Å². The molecular weight excluding hydrogens is 305 g/mol. The van der Waals surface area contributed by atoms with Crippen LogP contribution >= 0.6 is 0 Å². The molecule has 0 bridgehead atoms. The first-order valence-electron chi connectivity index (χ1n) is 8.18. The van der Waals surface area contributed by atoms with Crippen LogP contribution in [0.15, 0.2) is 48.5 Å². The Labute approximate surface area is 141 Å². The molecule has 0 radical (unpaired) electrons. The molecule has 1 aliphatic heterocycles. The number of rotatable bonds is 4. The number of hydrogen-bond acceptors (Lipinski definition) is 3. The monoisotopic (exact) mass is 327 g/mol. The Kier molecular flexibility index (Phi) is 5.23. The highest BCUT2D eigenvalue weighted by Crippen LogP contribution is 2.25. The molecule has 1 unspecified atom stereocenters. The fraction of sp³-hybridized carbons (Fsp3) is 0.316. The molecular formula is C19H22FN3O. The van der Waals surface area contributed by atoms with Crippen LogP contribution in [0.25, 0.3) is 0 Å². The molecule has 0 aromatic heterocycles.